The molecule has 0 bridgehead atoms. The zero-order valence-corrected chi connectivity index (χ0v) is 21.6. The van der Waals surface area contributed by atoms with Crippen molar-refractivity contribution in [3.63, 3.8) is 0 Å². The van der Waals surface area contributed by atoms with Gasteiger partial charge in [-0.15, -0.1) is 0 Å². The molecule has 37 heavy (non-hydrogen) atoms. The Morgan fingerprint density at radius 2 is 1.68 bits per heavy atom. The molecule has 1 saturated heterocycles. The molecular formula is C31H34N2O4. The van der Waals surface area contributed by atoms with Gasteiger partial charge in [-0.3, -0.25) is 14.4 Å². The first kappa shape index (κ1) is 26.1. The molecule has 1 heterocycles. The molecule has 6 nitrogen and oxygen atoms in total. The van der Waals surface area contributed by atoms with Crippen molar-refractivity contribution in [2.24, 2.45) is 5.92 Å². The highest BCUT2D eigenvalue weighted by atomic mass is 16.5. The molecule has 1 aliphatic rings. The summed E-state index contributed by atoms with van der Waals surface area (Å²) in [4.78, 5) is 42.6. The molecule has 4 rings (SSSR count). The fraction of sp³-hybridized carbons (Fsp3) is 0.323. The number of rotatable bonds is 8. The minimum Gasteiger partial charge on any atom is -0.466 e. The summed E-state index contributed by atoms with van der Waals surface area (Å²) in [5.74, 6) is -0.602. The maximum Gasteiger partial charge on any atom is 0.310 e. The van der Waals surface area contributed by atoms with Crippen LogP contribution in [0.15, 0.2) is 78.9 Å². The number of benzene rings is 3. The average Bonchev–Trinajstić information content (AvgIpc) is 2.92. The number of esters is 1. The molecule has 1 fully saturated rings. The Labute approximate surface area is 218 Å². The summed E-state index contributed by atoms with van der Waals surface area (Å²) in [6, 6.07) is 25.1. The molecule has 0 spiro atoms. The van der Waals surface area contributed by atoms with Crippen molar-refractivity contribution in [3.05, 3.63) is 101 Å². The van der Waals surface area contributed by atoms with Gasteiger partial charge < -0.3 is 14.5 Å². The molecule has 2 amide bonds. The lowest BCUT2D eigenvalue weighted by Crippen LogP contribution is -2.43. The minimum absolute atomic E-state index is 0.0222. The summed E-state index contributed by atoms with van der Waals surface area (Å²) >= 11 is 0. The maximum atomic E-state index is 13.7. The van der Waals surface area contributed by atoms with Crippen molar-refractivity contribution >= 4 is 23.5 Å². The van der Waals surface area contributed by atoms with E-state index < -0.39 is 0 Å². The third-order valence-electron chi connectivity index (χ3n) is 6.78. The largest absolute Gasteiger partial charge is 0.466 e. The van der Waals surface area contributed by atoms with Gasteiger partial charge in [0.25, 0.3) is 5.91 Å². The average molecular weight is 499 g/mol. The Morgan fingerprint density at radius 1 is 0.946 bits per heavy atom. The van der Waals surface area contributed by atoms with Crippen LogP contribution in [0.5, 0.6) is 0 Å². The molecule has 0 N–H and O–H groups in total. The van der Waals surface area contributed by atoms with E-state index in [1.54, 1.807) is 16.7 Å². The topological polar surface area (TPSA) is 66.9 Å². The lowest BCUT2D eigenvalue weighted by atomic mass is 9.97. The summed E-state index contributed by atoms with van der Waals surface area (Å²) in [6.07, 6.45) is 1.74. The molecule has 0 aliphatic carbocycles. The van der Waals surface area contributed by atoms with Crippen molar-refractivity contribution in [2.45, 2.75) is 39.7 Å². The minimum atomic E-state index is -0.267. The molecule has 1 atom stereocenters. The summed E-state index contributed by atoms with van der Waals surface area (Å²) in [7, 11) is 0. The van der Waals surface area contributed by atoms with Crippen LogP contribution in [-0.2, 0) is 27.3 Å². The number of carbonyl (C=O) groups excluding carboxylic acids is 3. The predicted octanol–water partition coefficient (Wildman–Crippen LogP) is 5.19. The summed E-state index contributed by atoms with van der Waals surface area (Å²) in [5.41, 5.74) is 4.16. The lowest BCUT2D eigenvalue weighted by Gasteiger charge is -2.31. The smallest absolute Gasteiger partial charge is 0.310 e. The zero-order chi connectivity index (χ0) is 26.2. The highest BCUT2D eigenvalue weighted by Gasteiger charge is 2.29. The van der Waals surface area contributed by atoms with Crippen LogP contribution in [0.2, 0.25) is 0 Å². The molecule has 0 aromatic heterocycles. The Bertz CT molecular complexity index is 1240. The third kappa shape index (κ3) is 6.64. The van der Waals surface area contributed by atoms with Crippen molar-refractivity contribution in [3.8, 4) is 0 Å². The molecule has 1 unspecified atom stereocenters. The number of hydrogen-bond acceptors (Lipinski definition) is 4. The van der Waals surface area contributed by atoms with Gasteiger partial charge in [-0.1, -0.05) is 60.7 Å². The van der Waals surface area contributed by atoms with E-state index in [-0.39, 0.29) is 30.1 Å². The van der Waals surface area contributed by atoms with Crippen LogP contribution in [0, 0.1) is 12.8 Å². The normalized spacial score (nSPS) is 15.2. The van der Waals surface area contributed by atoms with Crippen molar-refractivity contribution in [2.75, 3.05) is 24.6 Å². The van der Waals surface area contributed by atoms with Gasteiger partial charge >= 0.3 is 5.97 Å². The quantitative estimate of drug-likeness (QED) is 0.401. The van der Waals surface area contributed by atoms with Gasteiger partial charge in [-0.2, -0.15) is 0 Å². The van der Waals surface area contributed by atoms with Gasteiger partial charge in [-0.25, -0.2) is 0 Å². The lowest BCUT2D eigenvalue weighted by molar-refractivity contribution is -0.151. The van der Waals surface area contributed by atoms with Gasteiger partial charge in [0.15, 0.2) is 0 Å². The van der Waals surface area contributed by atoms with Crippen LogP contribution in [0.3, 0.4) is 0 Å². The van der Waals surface area contributed by atoms with E-state index in [1.165, 1.54) is 0 Å². The molecule has 0 radical (unpaired) electrons. The number of piperidine rings is 1. The number of likely N-dealkylation sites (tertiary alicyclic amines) is 1. The summed E-state index contributed by atoms with van der Waals surface area (Å²) in [5, 5.41) is 0. The van der Waals surface area contributed by atoms with Crippen LogP contribution >= 0.6 is 0 Å². The van der Waals surface area contributed by atoms with E-state index in [0.29, 0.717) is 31.8 Å². The van der Waals surface area contributed by atoms with Crippen LogP contribution in [0.25, 0.3) is 0 Å². The Balaban J connectivity index is 1.55. The molecule has 1 aliphatic heterocycles. The molecule has 192 valence electrons. The fourth-order valence-corrected chi connectivity index (χ4v) is 4.78. The van der Waals surface area contributed by atoms with Gasteiger partial charge in [0, 0.05) is 24.3 Å². The van der Waals surface area contributed by atoms with Crippen LogP contribution < -0.4 is 4.90 Å². The Kier molecular flexibility index (Phi) is 8.72. The predicted molar refractivity (Wildman–Crippen MR) is 144 cm³/mol. The van der Waals surface area contributed by atoms with Crippen LogP contribution in [0.1, 0.15) is 46.8 Å². The second-order valence-corrected chi connectivity index (χ2v) is 9.47. The fourth-order valence-electron chi connectivity index (χ4n) is 4.78. The zero-order valence-electron chi connectivity index (χ0n) is 21.6. The van der Waals surface area contributed by atoms with Crippen molar-refractivity contribution in [1.82, 2.24) is 4.90 Å². The van der Waals surface area contributed by atoms with Gasteiger partial charge in [-0.05, 0) is 61.6 Å². The molecule has 3 aromatic carbocycles. The summed E-state index contributed by atoms with van der Waals surface area (Å²) in [6.45, 7) is 5.52. The first-order valence-electron chi connectivity index (χ1n) is 12.9. The number of amides is 2. The number of nitrogens with zero attached hydrogens (tertiary/aromatic N) is 2. The third-order valence-corrected chi connectivity index (χ3v) is 6.78. The first-order valence-corrected chi connectivity index (χ1v) is 12.9. The van der Waals surface area contributed by atoms with Gasteiger partial charge in [0.1, 0.15) is 0 Å². The number of carbonyl (C=O) groups is 3. The number of hydrogen-bond donors (Lipinski definition) is 0. The Morgan fingerprint density at radius 3 is 2.43 bits per heavy atom. The van der Waals surface area contributed by atoms with Gasteiger partial charge in [0.05, 0.1) is 25.5 Å². The molecule has 3 aromatic rings. The number of ether oxygens (including phenoxy) is 1. The van der Waals surface area contributed by atoms with Gasteiger partial charge in [0.2, 0.25) is 5.91 Å². The molecule has 6 heteroatoms. The summed E-state index contributed by atoms with van der Waals surface area (Å²) < 4.78 is 5.17. The van der Waals surface area contributed by atoms with E-state index in [0.717, 1.165) is 35.2 Å². The van der Waals surface area contributed by atoms with E-state index in [9.17, 15) is 14.4 Å². The van der Waals surface area contributed by atoms with Crippen LogP contribution in [0.4, 0.5) is 5.69 Å². The van der Waals surface area contributed by atoms with Crippen molar-refractivity contribution in [1.29, 1.82) is 0 Å². The molecule has 0 saturated carbocycles. The standard InChI is InChI=1S/C31H34N2O4/c1-3-37-31(36)26-15-10-18-32(22-26)29(34)20-25-14-9-16-27(19-25)33(21-24-12-5-4-6-13-24)30(35)28-17-8-7-11-23(28)2/h4-9,11-14,16-17,19,26H,3,10,15,18,20-22H2,1-2H3. The molecular weight excluding hydrogens is 464 g/mol. The highest BCUT2D eigenvalue weighted by molar-refractivity contribution is 6.07. The van der Waals surface area contributed by atoms with E-state index in [4.69, 9.17) is 4.74 Å². The Hall–Kier alpha value is -3.93. The van der Waals surface area contributed by atoms with E-state index in [1.807, 2.05) is 85.8 Å². The monoisotopic (exact) mass is 498 g/mol. The second kappa shape index (κ2) is 12.3. The SMILES string of the molecule is CCOC(=O)C1CCCN(C(=O)Cc2cccc(N(Cc3ccccc3)C(=O)c3ccccc3C)c2)C1. The second-order valence-electron chi connectivity index (χ2n) is 9.47. The number of aryl methyl sites for hydroxylation is 1. The maximum absolute atomic E-state index is 13.7. The van der Waals surface area contributed by atoms with E-state index >= 15 is 0 Å². The van der Waals surface area contributed by atoms with E-state index in [2.05, 4.69) is 0 Å². The van der Waals surface area contributed by atoms with Crippen molar-refractivity contribution < 1.29 is 19.1 Å². The first-order chi connectivity index (χ1) is 18.0. The highest BCUT2D eigenvalue weighted by Crippen LogP contribution is 2.24. The number of anilines is 1. The van der Waals surface area contributed by atoms with Crippen LogP contribution in [-0.4, -0.2) is 42.4 Å².